The number of nitrogens with zero attached hydrogens (tertiary/aromatic N) is 2. The Kier molecular flexibility index (Phi) is 6.13. The number of aliphatic hydroxyl groups is 1. The van der Waals surface area contributed by atoms with Gasteiger partial charge in [0.15, 0.2) is 5.96 Å². The smallest absolute Gasteiger partial charge is 0.242 e. The van der Waals surface area contributed by atoms with Crippen molar-refractivity contribution >= 4 is 11.9 Å². The Balaban J connectivity index is 1.46. The molecule has 1 amide bonds. The maximum absolute atomic E-state index is 12.5. The number of benzene rings is 1. The van der Waals surface area contributed by atoms with Crippen LogP contribution in [-0.4, -0.2) is 48.6 Å². The maximum Gasteiger partial charge on any atom is 0.242 e. The molecule has 2 aromatic rings. The standard InChI is InChI=1S/C20H26N4O3/c1-14-7-8-18(27-14)17(25)11-22-20(21-2)23-12-19(26)24-10-9-15-5-3-4-6-16(15)13-24/h3-8,17,25H,9-13H2,1-2H3,(H2,21,22,23). The number of furan rings is 1. The third kappa shape index (κ3) is 4.89. The van der Waals surface area contributed by atoms with Crippen molar-refractivity contribution in [1.29, 1.82) is 0 Å². The van der Waals surface area contributed by atoms with Crippen LogP contribution >= 0.6 is 0 Å². The van der Waals surface area contributed by atoms with Crippen LogP contribution in [-0.2, 0) is 17.8 Å². The second-order valence-electron chi connectivity index (χ2n) is 6.60. The summed E-state index contributed by atoms with van der Waals surface area (Å²) in [4.78, 5) is 18.5. The second-order valence-corrected chi connectivity index (χ2v) is 6.60. The van der Waals surface area contributed by atoms with Crippen LogP contribution in [0.1, 0.15) is 28.8 Å². The van der Waals surface area contributed by atoms with E-state index in [1.807, 2.05) is 24.0 Å². The molecule has 1 aliphatic rings. The molecule has 0 spiro atoms. The fraction of sp³-hybridized carbons (Fsp3) is 0.400. The highest BCUT2D eigenvalue weighted by molar-refractivity contribution is 5.86. The monoisotopic (exact) mass is 370 g/mol. The van der Waals surface area contributed by atoms with Gasteiger partial charge in [-0.25, -0.2) is 0 Å². The van der Waals surface area contributed by atoms with E-state index in [2.05, 4.69) is 27.8 Å². The fourth-order valence-electron chi connectivity index (χ4n) is 3.13. The zero-order valence-electron chi connectivity index (χ0n) is 15.7. The third-order valence-corrected chi connectivity index (χ3v) is 4.67. The Morgan fingerprint density at radius 2 is 2.04 bits per heavy atom. The van der Waals surface area contributed by atoms with Crippen molar-refractivity contribution < 1.29 is 14.3 Å². The second kappa shape index (κ2) is 8.73. The molecular formula is C20H26N4O3. The number of hydrogen-bond donors (Lipinski definition) is 3. The summed E-state index contributed by atoms with van der Waals surface area (Å²) in [7, 11) is 1.63. The summed E-state index contributed by atoms with van der Waals surface area (Å²) in [5, 5.41) is 16.2. The van der Waals surface area contributed by atoms with Gasteiger partial charge >= 0.3 is 0 Å². The van der Waals surface area contributed by atoms with E-state index in [1.54, 1.807) is 19.2 Å². The lowest BCUT2D eigenvalue weighted by Crippen LogP contribution is -2.46. The highest BCUT2D eigenvalue weighted by Crippen LogP contribution is 2.18. The highest BCUT2D eigenvalue weighted by Gasteiger charge is 2.20. The van der Waals surface area contributed by atoms with Crippen molar-refractivity contribution in [2.24, 2.45) is 4.99 Å². The predicted molar refractivity (Wildman–Crippen MR) is 103 cm³/mol. The summed E-state index contributed by atoms with van der Waals surface area (Å²) in [5.41, 5.74) is 2.52. The zero-order chi connectivity index (χ0) is 19.2. The number of aliphatic hydroxyl groups excluding tert-OH is 1. The molecule has 7 heteroatoms. The minimum Gasteiger partial charge on any atom is -0.464 e. The molecule has 0 aliphatic carbocycles. The Morgan fingerprint density at radius 3 is 2.74 bits per heavy atom. The lowest BCUT2D eigenvalue weighted by molar-refractivity contribution is -0.130. The Hall–Kier alpha value is -2.80. The Morgan fingerprint density at radius 1 is 1.26 bits per heavy atom. The first-order valence-corrected chi connectivity index (χ1v) is 9.10. The summed E-state index contributed by atoms with van der Waals surface area (Å²) >= 11 is 0. The van der Waals surface area contributed by atoms with Crippen LogP contribution in [0.25, 0.3) is 0 Å². The average molecular weight is 370 g/mol. The van der Waals surface area contributed by atoms with Gasteiger partial charge in [-0.2, -0.15) is 0 Å². The van der Waals surface area contributed by atoms with E-state index in [9.17, 15) is 9.90 Å². The minimum absolute atomic E-state index is 0.0228. The molecule has 3 rings (SSSR count). The van der Waals surface area contributed by atoms with Crippen LogP contribution in [0.5, 0.6) is 0 Å². The van der Waals surface area contributed by atoms with Crippen molar-refractivity contribution in [3.8, 4) is 0 Å². The van der Waals surface area contributed by atoms with Gasteiger partial charge in [0, 0.05) is 20.1 Å². The Labute approximate surface area is 159 Å². The molecule has 0 radical (unpaired) electrons. The van der Waals surface area contributed by atoms with E-state index in [-0.39, 0.29) is 19.0 Å². The molecule has 3 N–H and O–H groups in total. The number of amides is 1. The molecule has 2 heterocycles. The summed E-state index contributed by atoms with van der Waals surface area (Å²) < 4.78 is 5.41. The third-order valence-electron chi connectivity index (χ3n) is 4.67. The fourth-order valence-corrected chi connectivity index (χ4v) is 3.13. The number of aliphatic imine (C=N–C) groups is 1. The van der Waals surface area contributed by atoms with Crippen LogP contribution in [0.15, 0.2) is 45.8 Å². The van der Waals surface area contributed by atoms with Gasteiger partial charge < -0.3 is 25.1 Å². The van der Waals surface area contributed by atoms with Gasteiger partial charge in [0.25, 0.3) is 0 Å². The van der Waals surface area contributed by atoms with Gasteiger partial charge in [-0.1, -0.05) is 24.3 Å². The Bertz CT molecular complexity index is 815. The van der Waals surface area contributed by atoms with Gasteiger partial charge in [-0.05, 0) is 36.6 Å². The van der Waals surface area contributed by atoms with E-state index in [4.69, 9.17) is 4.42 Å². The molecule has 144 valence electrons. The molecule has 1 atom stereocenters. The predicted octanol–water partition coefficient (Wildman–Crippen LogP) is 1.37. The van der Waals surface area contributed by atoms with Gasteiger partial charge in [-0.15, -0.1) is 0 Å². The number of hydrogen-bond acceptors (Lipinski definition) is 4. The number of carbonyl (C=O) groups excluding carboxylic acids is 1. The van der Waals surface area contributed by atoms with Gasteiger partial charge in [0.1, 0.15) is 17.6 Å². The zero-order valence-corrected chi connectivity index (χ0v) is 15.7. The van der Waals surface area contributed by atoms with Crippen molar-refractivity contribution in [1.82, 2.24) is 15.5 Å². The lowest BCUT2D eigenvalue weighted by Gasteiger charge is -2.29. The molecule has 1 aromatic heterocycles. The molecular weight excluding hydrogens is 344 g/mol. The number of fused-ring (bicyclic) bond motifs is 1. The first-order valence-electron chi connectivity index (χ1n) is 9.10. The topological polar surface area (TPSA) is 90.1 Å². The van der Waals surface area contributed by atoms with E-state index in [0.29, 0.717) is 18.3 Å². The van der Waals surface area contributed by atoms with Gasteiger partial charge in [-0.3, -0.25) is 9.79 Å². The maximum atomic E-state index is 12.5. The summed E-state index contributed by atoms with van der Waals surface area (Å²) in [5.74, 6) is 1.73. The van der Waals surface area contributed by atoms with Crippen LogP contribution in [0.3, 0.4) is 0 Å². The number of guanidine groups is 1. The van der Waals surface area contributed by atoms with Crippen molar-refractivity contribution in [3.63, 3.8) is 0 Å². The molecule has 0 saturated carbocycles. The molecule has 7 nitrogen and oxygen atoms in total. The molecule has 0 fully saturated rings. The van der Waals surface area contributed by atoms with E-state index < -0.39 is 6.10 Å². The van der Waals surface area contributed by atoms with Crippen LogP contribution in [0.4, 0.5) is 0 Å². The molecule has 0 saturated heterocycles. The number of aryl methyl sites for hydroxylation is 1. The largest absolute Gasteiger partial charge is 0.464 e. The minimum atomic E-state index is -0.786. The van der Waals surface area contributed by atoms with E-state index in [1.165, 1.54) is 11.1 Å². The van der Waals surface area contributed by atoms with Crippen molar-refractivity contribution in [2.45, 2.75) is 26.0 Å². The SMILES string of the molecule is CN=C(NCC(=O)N1CCc2ccccc2C1)NCC(O)c1ccc(C)o1. The van der Waals surface area contributed by atoms with Gasteiger partial charge in [0.05, 0.1) is 13.1 Å². The molecule has 1 aliphatic heterocycles. The normalized spacial score (nSPS) is 15.2. The molecule has 27 heavy (non-hydrogen) atoms. The number of nitrogens with one attached hydrogen (secondary N) is 2. The van der Waals surface area contributed by atoms with E-state index >= 15 is 0 Å². The first-order chi connectivity index (χ1) is 13.1. The van der Waals surface area contributed by atoms with E-state index in [0.717, 1.165) is 18.7 Å². The summed E-state index contributed by atoms with van der Waals surface area (Å²) in [6, 6.07) is 11.8. The van der Waals surface area contributed by atoms with Crippen LogP contribution in [0.2, 0.25) is 0 Å². The van der Waals surface area contributed by atoms with Crippen molar-refractivity contribution in [2.75, 3.05) is 26.7 Å². The number of carbonyl (C=O) groups is 1. The molecule has 0 bridgehead atoms. The lowest BCUT2D eigenvalue weighted by atomic mass is 10.00. The van der Waals surface area contributed by atoms with Crippen LogP contribution in [0, 0.1) is 6.92 Å². The van der Waals surface area contributed by atoms with Gasteiger partial charge in [0.2, 0.25) is 5.91 Å². The average Bonchev–Trinajstić information content (AvgIpc) is 3.13. The van der Waals surface area contributed by atoms with Crippen molar-refractivity contribution in [3.05, 3.63) is 59.0 Å². The quantitative estimate of drug-likeness (QED) is 0.546. The highest BCUT2D eigenvalue weighted by atomic mass is 16.4. The first kappa shape index (κ1) is 19.0. The summed E-state index contributed by atoms with van der Waals surface area (Å²) in [6.07, 6.45) is 0.0930. The summed E-state index contributed by atoms with van der Waals surface area (Å²) in [6.45, 7) is 3.57. The van der Waals surface area contributed by atoms with Crippen LogP contribution < -0.4 is 10.6 Å². The number of rotatable bonds is 5. The molecule has 1 aromatic carbocycles. The molecule has 1 unspecified atom stereocenters.